The Kier molecular flexibility index (Phi) is 4.03. The van der Waals surface area contributed by atoms with E-state index in [0.717, 1.165) is 11.3 Å². The molecular formula is C19H15N5O2. The minimum Gasteiger partial charge on any atom is -0.309 e. The highest BCUT2D eigenvalue weighted by Crippen LogP contribution is 2.19. The largest absolute Gasteiger partial charge is 0.309 e. The molecule has 0 aliphatic heterocycles. The summed E-state index contributed by atoms with van der Waals surface area (Å²) in [4.78, 5) is 24.2. The van der Waals surface area contributed by atoms with Gasteiger partial charge in [-0.1, -0.05) is 48.5 Å². The fourth-order valence-corrected chi connectivity index (χ4v) is 2.80. The first kappa shape index (κ1) is 15.8. The Hall–Kier alpha value is -3.74. The molecule has 7 nitrogen and oxygen atoms in total. The normalized spacial score (nSPS) is 10.8. The predicted octanol–water partition coefficient (Wildman–Crippen LogP) is 2.49. The lowest BCUT2D eigenvalue weighted by atomic mass is 10.1. The zero-order chi connectivity index (χ0) is 17.9. The summed E-state index contributed by atoms with van der Waals surface area (Å²) >= 11 is 0. The van der Waals surface area contributed by atoms with Gasteiger partial charge < -0.3 is 5.32 Å². The molecule has 0 saturated heterocycles. The van der Waals surface area contributed by atoms with Crippen molar-refractivity contribution in [3.63, 3.8) is 0 Å². The summed E-state index contributed by atoms with van der Waals surface area (Å²) in [5, 5.41) is 17.4. The first-order valence-corrected chi connectivity index (χ1v) is 8.08. The molecule has 2 heterocycles. The molecule has 1 amide bonds. The smallest absolute Gasteiger partial charge is 0.272 e. The van der Waals surface area contributed by atoms with Crippen LogP contribution in [0.5, 0.6) is 0 Å². The number of carbonyl (C=O) groups is 1. The molecule has 3 N–H and O–H groups in total. The summed E-state index contributed by atoms with van der Waals surface area (Å²) in [5.41, 5.74) is 2.03. The molecule has 0 saturated carbocycles. The summed E-state index contributed by atoms with van der Waals surface area (Å²) in [6.07, 6.45) is 0.0326. The molecule has 2 aromatic carbocycles. The van der Waals surface area contributed by atoms with E-state index in [1.165, 1.54) is 0 Å². The number of rotatable bonds is 4. The van der Waals surface area contributed by atoms with E-state index < -0.39 is 0 Å². The Balaban J connectivity index is 1.53. The van der Waals surface area contributed by atoms with E-state index >= 15 is 0 Å². The second kappa shape index (κ2) is 6.64. The molecule has 26 heavy (non-hydrogen) atoms. The second-order valence-electron chi connectivity index (χ2n) is 5.80. The number of aromatic nitrogens is 4. The van der Waals surface area contributed by atoms with E-state index in [2.05, 4.69) is 25.7 Å². The van der Waals surface area contributed by atoms with Crippen molar-refractivity contribution in [1.29, 1.82) is 0 Å². The van der Waals surface area contributed by atoms with Crippen LogP contribution in [0.15, 0.2) is 65.5 Å². The monoisotopic (exact) mass is 345 g/mol. The van der Waals surface area contributed by atoms with Gasteiger partial charge in [0, 0.05) is 11.5 Å². The van der Waals surface area contributed by atoms with Gasteiger partial charge in [-0.2, -0.15) is 10.2 Å². The van der Waals surface area contributed by atoms with Crippen molar-refractivity contribution in [2.45, 2.75) is 6.42 Å². The minimum absolute atomic E-state index is 0.0326. The maximum Gasteiger partial charge on any atom is 0.272 e. The number of H-pyrrole nitrogens is 2. The number of benzene rings is 2. The lowest BCUT2D eigenvalue weighted by Crippen LogP contribution is -2.18. The first-order valence-electron chi connectivity index (χ1n) is 8.08. The van der Waals surface area contributed by atoms with Crippen LogP contribution < -0.4 is 10.9 Å². The van der Waals surface area contributed by atoms with Gasteiger partial charge in [-0.3, -0.25) is 14.7 Å². The Morgan fingerprint density at radius 1 is 0.923 bits per heavy atom. The topological polar surface area (TPSA) is 104 Å². The van der Waals surface area contributed by atoms with Crippen LogP contribution in [-0.4, -0.2) is 26.3 Å². The molecule has 0 fully saturated rings. The Morgan fingerprint density at radius 2 is 1.65 bits per heavy atom. The number of aromatic amines is 2. The summed E-state index contributed by atoms with van der Waals surface area (Å²) in [5.74, 6) is 0.170. The van der Waals surface area contributed by atoms with Crippen molar-refractivity contribution in [3.05, 3.63) is 76.7 Å². The Bertz CT molecular complexity index is 1130. The van der Waals surface area contributed by atoms with Crippen molar-refractivity contribution in [2.75, 3.05) is 5.32 Å². The van der Waals surface area contributed by atoms with Gasteiger partial charge in [0.05, 0.1) is 23.2 Å². The molecule has 0 aliphatic rings. The lowest BCUT2D eigenvalue weighted by molar-refractivity contribution is -0.115. The van der Waals surface area contributed by atoms with E-state index in [1.54, 1.807) is 24.3 Å². The van der Waals surface area contributed by atoms with E-state index in [1.807, 2.05) is 36.4 Å². The van der Waals surface area contributed by atoms with Crippen molar-refractivity contribution < 1.29 is 4.79 Å². The third kappa shape index (κ3) is 3.10. The highest BCUT2D eigenvalue weighted by atomic mass is 16.1. The van der Waals surface area contributed by atoms with Gasteiger partial charge >= 0.3 is 0 Å². The van der Waals surface area contributed by atoms with E-state index in [4.69, 9.17) is 0 Å². The Morgan fingerprint density at radius 3 is 2.46 bits per heavy atom. The van der Waals surface area contributed by atoms with Gasteiger partial charge in [0.1, 0.15) is 0 Å². The maximum atomic E-state index is 12.4. The fraction of sp³-hybridized carbons (Fsp3) is 0.0526. The summed E-state index contributed by atoms with van der Waals surface area (Å²) < 4.78 is 0. The van der Waals surface area contributed by atoms with Crippen molar-refractivity contribution in [1.82, 2.24) is 20.4 Å². The average molecular weight is 345 g/mol. The molecule has 0 aliphatic carbocycles. The summed E-state index contributed by atoms with van der Waals surface area (Å²) in [6, 6.07) is 18.5. The highest BCUT2D eigenvalue weighted by molar-refractivity contribution is 5.94. The third-order valence-electron chi connectivity index (χ3n) is 4.03. The zero-order valence-corrected chi connectivity index (χ0v) is 13.7. The van der Waals surface area contributed by atoms with Crippen LogP contribution >= 0.6 is 0 Å². The van der Waals surface area contributed by atoms with Gasteiger partial charge in [-0.15, -0.1) is 0 Å². The minimum atomic E-state index is -0.274. The molecule has 4 rings (SSSR count). The molecule has 4 aromatic rings. The van der Waals surface area contributed by atoms with Crippen molar-refractivity contribution >= 4 is 22.5 Å². The van der Waals surface area contributed by atoms with Crippen LogP contribution in [0.25, 0.3) is 22.0 Å². The Labute approximate surface area is 148 Å². The van der Waals surface area contributed by atoms with Gasteiger partial charge in [-0.05, 0) is 11.6 Å². The van der Waals surface area contributed by atoms with Crippen LogP contribution in [0.4, 0.5) is 5.82 Å². The number of carbonyl (C=O) groups excluding carboxylic acids is 1. The number of fused-ring (bicyclic) bond motifs is 1. The van der Waals surface area contributed by atoms with E-state index in [0.29, 0.717) is 22.3 Å². The number of nitrogens with one attached hydrogen (secondary N) is 3. The summed E-state index contributed by atoms with van der Waals surface area (Å²) in [6.45, 7) is 0. The standard InChI is InChI=1S/C19H15N5O2/c25-18(11-16-13-8-4-5-9-14(13)19(26)24-22-16)20-17-10-15(21-23-17)12-6-2-1-3-7-12/h1-10H,11H2,(H,24,26)(H2,20,21,23,25). The number of amides is 1. The molecule has 7 heteroatoms. The lowest BCUT2D eigenvalue weighted by Gasteiger charge is -2.04. The van der Waals surface area contributed by atoms with Gasteiger partial charge in [0.15, 0.2) is 5.82 Å². The molecule has 128 valence electrons. The van der Waals surface area contributed by atoms with Gasteiger partial charge in [0.2, 0.25) is 5.91 Å². The SMILES string of the molecule is O=C(Cc1n[nH]c(=O)c2ccccc12)Nc1cc(-c2ccccc2)[nH]n1. The number of hydrogen-bond donors (Lipinski definition) is 3. The quantitative estimate of drug-likeness (QED) is 0.528. The fourth-order valence-electron chi connectivity index (χ4n) is 2.80. The molecule has 0 radical (unpaired) electrons. The van der Waals surface area contributed by atoms with E-state index in [-0.39, 0.29) is 17.9 Å². The van der Waals surface area contributed by atoms with Crippen LogP contribution in [0.3, 0.4) is 0 Å². The molecule has 0 bridgehead atoms. The second-order valence-corrected chi connectivity index (χ2v) is 5.80. The van der Waals surface area contributed by atoms with E-state index in [9.17, 15) is 9.59 Å². The summed E-state index contributed by atoms with van der Waals surface area (Å²) in [7, 11) is 0. The molecule has 0 unspecified atom stereocenters. The van der Waals surface area contributed by atoms with Crippen LogP contribution in [0.2, 0.25) is 0 Å². The zero-order valence-electron chi connectivity index (χ0n) is 13.7. The van der Waals surface area contributed by atoms with Crippen molar-refractivity contribution in [2.24, 2.45) is 0 Å². The van der Waals surface area contributed by atoms with Gasteiger partial charge in [-0.25, -0.2) is 5.10 Å². The maximum absolute atomic E-state index is 12.4. The number of hydrogen-bond acceptors (Lipinski definition) is 4. The molecule has 0 atom stereocenters. The first-order chi connectivity index (χ1) is 12.7. The molecular weight excluding hydrogens is 330 g/mol. The van der Waals surface area contributed by atoms with Crippen LogP contribution in [0.1, 0.15) is 5.69 Å². The van der Waals surface area contributed by atoms with Crippen molar-refractivity contribution in [3.8, 4) is 11.3 Å². The molecule has 0 spiro atoms. The average Bonchev–Trinajstić information content (AvgIpc) is 3.13. The van der Waals surface area contributed by atoms with Crippen LogP contribution in [0, 0.1) is 0 Å². The third-order valence-corrected chi connectivity index (χ3v) is 4.03. The predicted molar refractivity (Wildman–Crippen MR) is 98.7 cm³/mol. The number of anilines is 1. The number of nitrogens with zero attached hydrogens (tertiary/aromatic N) is 2. The molecule has 2 aromatic heterocycles. The highest BCUT2D eigenvalue weighted by Gasteiger charge is 2.12. The van der Waals surface area contributed by atoms with Crippen LogP contribution in [-0.2, 0) is 11.2 Å². The van der Waals surface area contributed by atoms with Gasteiger partial charge in [0.25, 0.3) is 5.56 Å².